The van der Waals surface area contributed by atoms with Gasteiger partial charge in [-0.05, 0) is 75.1 Å². The lowest BCUT2D eigenvalue weighted by atomic mass is 9.91. The second-order valence-corrected chi connectivity index (χ2v) is 9.82. The van der Waals surface area contributed by atoms with Gasteiger partial charge in [0.15, 0.2) is 0 Å². The maximum atomic E-state index is 13.4. The molecule has 0 N–H and O–H groups in total. The summed E-state index contributed by atoms with van der Waals surface area (Å²) in [6.45, 7) is 8.31. The third-order valence-electron chi connectivity index (χ3n) is 6.29. The van der Waals surface area contributed by atoms with Crippen molar-refractivity contribution in [3.8, 4) is 5.75 Å². The maximum absolute atomic E-state index is 13.4. The van der Waals surface area contributed by atoms with Gasteiger partial charge in [-0.3, -0.25) is 0 Å². The molecule has 1 atom stereocenters. The quantitative estimate of drug-likeness (QED) is 0.699. The van der Waals surface area contributed by atoms with Crippen LogP contribution in [0.15, 0.2) is 6.07 Å². The van der Waals surface area contributed by atoms with Crippen molar-refractivity contribution in [1.82, 2.24) is 4.90 Å². The van der Waals surface area contributed by atoms with Gasteiger partial charge in [0, 0.05) is 26.7 Å². The standard InChI is InChI=1S/C24H35FN2O4/c1-24(2,3)31-23(28)26-9-7-17-13-20-22(21(16-5-6-16)19(17)8-10-26)27(11-12-30-20)15-18(14-25)29-4/h13,16,18H,5-12,14-15H2,1-4H3/t18-/m0/s1. The van der Waals surface area contributed by atoms with E-state index in [0.717, 1.165) is 30.8 Å². The number of hydrogen-bond acceptors (Lipinski definition) is 5. The summed E-state index contributed by atoms with van der Waals surface area (Å²) < 4.78 is 30.4. The zero-order valence-corrected chi connectivity index (χ0v) is 19.2. The molecule has 0 aromatic heterocycles. The van der Waals surface area contributed by atoms with E-state index in [4.69, 9.17) is 14.2 Å². The molecule has 7 heteroatoms. The second-order valence-electron chi connectivity index (χ2n) is 9.82. The predicted molar refractivity (Wildman–Crippen MR) is 118 cm³/mol. The van der Waals surface area contributed by atoms with Crippen LogP contribution >= 0.6 is 0 Å². The van der Waals surface area contributed by atoms with Gasteiger partial charge in [-0.2, -0.15) is 0 Å². The minimum atomic E-state index is -0.503. The summed E-state index contributed by atoms with van der Waals surface area (Å²) >= 11 is 0. The molecule has 0 unspecified atom stereocenters. The lowest BCUT2D eigenvalue weighted by Crippen LogP contribution is -2.40. The first kappa shape index (κ1) is 22.2. The molecule has 0 bridgehead atoms. The number of benzene rings is 1. The lowest BCUT2D eigenvalue weighted by Gasteiger charge is -2.36. The molecule has 172 valence electrons. The fourth-order valence-electron chi connectivity index (χ4n) is 4.64. The number of amides is 1. The highest BCUT2D eigenvalue weighted by Crippen LogP contribution is 2.51. The molecule has 0 saturated heterocycles. The summed E-state index contributed by atoms with van der Waals surface area (Å²) in [5.74, 6) is 1.42. The van der Waals surface area contributed by atoms with Crippen molar-refractivity contribution in [3.63, 3.8) is 0 Å². The first-order chi connectivity index (χ1) is 14.8. The van der Waals surface area contributed by atoms with Crippen molar-refractivity contribution in [2.75, 3.05) is 51.5 Å². The number of ether oxygens (including phenoxy) is 3. The van der Waals surface area contributed by atoms with Crippen LogP contribution < -0.4 is 9.64 Å². The highest BCUT2D eigenvalue weighted by atomic mass is 19.1. The normalized spacial score (nSPS) is 19.8. The molecule has 31 heavy (non-hydrogen) atoms. The van der Waals surface area contributed by atoms with Gasteiger partial charge in [0.25, 0.3) is 0 Å². The van der Waals surface area contributed by atoms with Gasteiger partial charge >= 0.3 is 6.09 Å². The van der Waals surface area contributed by atoms with Crippen molar-refractivity contribution in [3.05, 3.63) is 22.8 Å². The molecule has 1 amide bonds. The summed E-state index contributed by atoms with van der Waals surface area (Å²) in [4.78, 5) is 16.7. The van der Waals surface area contributed by atoms with Gasteiger partial charge in [0.1, 0.15) is 30.7 Å². The average Bonchev–Trinajstić information content (AvgIpc) is 3.56. The number of anilines is 1. The molecule has 1 fully saturated rings. The van der Waals surface area contributed by atoms with E-state index in [1.54, 1.807) is 7.11 Å². The Morgan fingerprint density at radius 1 is 1.26 bits per heavy atom. The third kappa shape index (κ3) is 4.92. The topological polar surface area (TPSA) is 51.2 Å². The van der Waals surface area contributed by atoms with E-state index in [9.17, 15) is 9.18 Å². The molecule has 4 rings (SSSR count). The van der Waals surface area contributed by atoms with Crippen LogP contribution in [0.1, 0.15) is 56.2 Å². The van der Waals surface area contributed by atoms with Gasteiger partial charge < -0.3 is 24.0 Å². The minimum absolute atomic E-state index is 0.248. The van der Waals surface area contributed by atoms with Crippen LogP contribution in [0.3, 0.4) is 0 Å². The van der Waals surface area contributed by atoms with E-state index in [0.29, 0.717) is 32.2 Å². The number of carbonyl (C=O) groups is 1. The summed E-state index contributed by atoms with van der Waals surface area (Å²) in [7, 11) is 1.57. The molecule has 2 aliphatic heterocycles. The zero-order valence-electron chi connectivity index (χ0n) is 19.2. The Bertz CT molecular complexity index is 815. The van der Waals surface area contributed by atoms with E-state index in [1.165, 1.54) is 29.5 Å². The summed E-state index contributed by atoms with van der Waals surface area (Å²) in [5.41, 5.74) is 4.58. The van der Waals surface area contributed by atoms with Crippen molar-refractivity contribution >= 4 is 11.8 Å². The molecular weight excluding hydrogens is 399 g/mol. The molecule has 1 aromatic carbocycles. The highest BCUT2D eigenvalue weighted by molar-refractivity contribution is 5.72. The summed E-state index contributed by atoms with van der Waals surface area (Å²) in [6.07, 6.45) is 3.24. The second kappa shape index (κ2) is 8.85. The fraction of sp³-hybridized carbons (Fsp3) is 0.708. The van der Waals surface area contributed by atoms with E-state index in [-0.39, 0.29) is 6.09 Å². The first-order valence-electron chi connectivity index (χ1n) is 11.4. The van der Waals surface area contributed by atoms with Gasteiger partial charge in [-0.1, -0.05) is 0 Å². The maximum Gasteiger partial charge on any atom is 0.410 e. The third-order valence-corrected chi connectivity index (χ3v) is 6.29. The van der Waals surface area contributed by atoms with E-state index in [2.05, 4.69) is 11.0 Å². The molecule has 2 heterocycles. The minimum Gasteiger partial charge on any atom is -0.490 e. The number of methoxy groups -OCH3 is 1. The summed E-state index contributed by atoms with van der Waals surface area (Å²) in [6, 6.07) is 2.15. The van der Waals surface area contributed by atoms with Gasteiger partial charge in [0.2, 0.25) is 0 Å². The smallest absolute Gasteiger partial charge is 0.410 e. The van der Waals surface area contributed by atoms with Crippen molar-refractivity contribution in [1.29, 1.82) is 0 Å². The Morgan fingerprint density at radius 3 is 2.65 bits per heavy atom. The average molecular weight is 435 g/mol. The Morgan fingerprint density at radius 2 is 2.00 bits per heavy atom. The number of rotatable bonds is 5. The number of halogens is 1. The molecule has 0 radical (unpaired) electrons. The Labute approximate surface area is 184 Å². The lowest BCUT2D eigenvalue weighted by molar-refractivity contribution is 0.0258. The molecule has 1 aromatic rings. The Balaban J connectivity index is 1.64. The largest absolute Gasteiger partial charge is 0.490 e. The number of nitrogens with zero attached hydrogens (tertiary/aromatic N) is 2. The fourth-order valence-corrected chi connectivity index (χ4v) is 4.64. The van der Waals surface area contributed by atoms with Crippen LogP contribution in [0.25, 0.3) is 0 Å². The number of hydrogen-bond donors (Lipinski definition) is 0. The molecular formula is C24H35FN2O4. The predicted octanol–water partition coefficient (Wildman–Crippen LogP) is 4.08. The number of fused-ring (bicyclic) bond motifs is 2. The zero-order chi connectivity index (χ0) is 22.2. The molecule has 1 aliphatic carbocycles. The van der Waals surface area contributed by atoms with Crippen molar-refractivity contribution in [2.45, 2.75) is 64.1 Å². The molecule has 6 nitrogen and oxygen atoms in total. The Hall–Kier alpha value is -2.02. The molecule has 0 spiro atoms. The highest BCUT2D eigenvalue weighted by Gasteiger charge is 2.37. The van der Waals surface area contributed by atoms with Gasteiger partial charge in [-0.15, -0.1) is 0 Å². The van der Waals surface area contributed by atoms with E-state index >= 15 is 0 Å². The van der Waals surface area contributed by atoms with E-state index in [1.807, 2.05) is 25.7 Å². The first-order valence-corrected chi connectivity index (χ1v) is 11.4. The van der Waals surface area contributed by atoms with Gasteiger partial charge in [-0.25, -0.2) is 9.18 Å². The Kier molecular flexibility index (Phi) is 6.33. The van der Waals surface area contributed by atoms with Crippen molar-refractivity contribution < 1.29 is 23.4 Å². The van der Waals surface area contributed by atoms with Crippen LogP contribution in [-0.4, -0.2) is 69.3 Å². The molecule has 1 saturated carbocycles. The van der Waals surface area contributed by atoms with Crippen LogP contribution in [0.4, 0.5) is 14.9 Å². The monoisotopic (exact) mass is 434 g/mol. The van der Waals surface area contributed by atoms with E-state index < -0.39 is 18.4 Å². The summed E-state index contributed by atoms with van der Waals surface area (Å²) in [5, 5.41) is 0. The van der Waals surface area contributed by atoms with Crippen LogP contribution in [0, 0.1) is 0 Å². The van der Waals surface area contributed by atoms with Crippen molar-refractivity contribution in [2.24, 2.45) is 0 Å². The van der Waals surface area contributed by atoms with Crippen LogP contribution in [0.5, 0.6) is 5.75 Å². The van der Waals surface area contributed by atoms with Crippen LogP contribution in [0.2, 0.25) is 0 Å². The number of carbonyl (C=O) groups excluding carboxylic acids is 1. The molecule has 3 aliphatic rings. The SMILES string of the molecule is CO[C@@H](CF)CN1CCOc2cc3c(c(C4CC4)c21)CCN(C(=O)OC(C)(C)C)CC3. The number of alkyl halides is 1. The van der Waals surface area contributed by atoms with Gasteiger partial charge in [0.05, 0.1) is 12.2 Å². The van der Waals surface area contributed by atoms with Crippen LogP contribution in [-0.2, 0) is 22.3 Å².